The molecule has 0 spiro atoms. The van der Waals surface area contributed by atoms with Crippen LogP contribution in [0.4, 0.5) is 0 Å². The smallest absolute Gasteiger partial charge is 0.225 e. The lowest BCUT2D eigenvalue weighted by atomic mass is 10.1. The summed E-state index contributed by atoms with van der Waals surface area (Å²) in [6.07, 6.45) is 0.298. The molecule has 1 N–H and O–H groups in total. The summed E-state index contributed by atoms with van der Waals surface area (Å²) in [6, 6.07) is 18.0. The number of nitrogens with one attached hydrogen (secondary N) is 1. The van der Waals surface area contributed by atoms with E-state index in [0.717, 1.165) is 11.1 Å². The average molecular weight is 322 g/mol. The maximum absolute atomic E-state index is 12.3. The first-order valence-corrected chi connectivity index (χ1v) is 8.27. The molecule has 1 aliphatic heterocycles. The molecule has 1 aliphatic rings. The average Bonchev–Trinajstić information content (AvgIpc) is 2.96. The Kier molecular flexibility index (Phi) is 4.94. The maximum Gasteiger partial charge on any atom is 0.225 e. The molecule has 0 saturated carbocycles. The number of carbonyl (C=O) groups excluding carboxylic acids is 2. The van der Waals surface area contributed by atoms with E-state index in [-0.39, 0.29) is 17.7 Å². The van der Waals surface area contributed by atoms with Gasteiger partial charge in [-0.25, -0.2) is 0 Å². The molecule has 1 fully saturated rings. The summed E-state index contributed by atoms with van der Waals surface area (Å²) < 4.78 is 0. The van der Waals surface area contributed by atoms with Crippen molar-refractivity contribution in [3.8, 4) is 0 Å². The number of carbonyl (C=O) groups is 2. The van der Waals surface area contributed by atoms with Gasteiger partial charge < -0.3 is 10.2 Å². The highest BCUT2D eigenvalue weighted by molar-refractivity contribution is 5.89. The maximum atomic E-state index is 12.3. The van der Waals surface area contributed by atoms with Crippen LogP contribution in [0.1, 0.15) is 23.1 Å². The Bertz CT molecular complexity index is 710. The molecule has 4 heteroatoms. The van der Waals surface area contributed by atoms with E-state index >= 15 is 0 Å². The first-order valence-electron chi connectivity index (χ1n) is 8.27. The van der Waals surface area contributed by atoms with Crippen LogP contribution in [0, 0.1) is 12.8 Å². The minimum Gasteiger partial charge on any atom is -0.352 e. The number of aryl methyl sites for hydroxylation is 1. The Morgan fingerprint density at radius 1 is 1.08 bits per heavy atom. The second kappa shape index (κ2) is 7.30. The van der Waals surface area contributed by atoms with Crippen LogP contribution in [-0.2, 0) is 22.7 Å². The van der Waals surface area contributed by atoms with Crippen molar-refractivity contribution in [3.05, 3.63) is 71.3 Å². The van der Waals surface area contributed by atoms with E-state index < -0.39 is 0 Å². The first-order chi connectivity index (χ1) is 11.6. The standard InChI is InChI=1S/C20H22N2O2/c1-15-7-9-16(10-8-15)12-21-20(24)18-11-19(23)22(14-18)13-17-5-3-2-4-6-17/h2-10,18H,11-14H2,1H3,(H,21,24)/t18-/m1/s1. The Labute approximate surface area is 142 Å². The van der Waals surface area contributed by atoms with Gasteiger partial charge in [0.15, 0.2) is 0 Å². The summed E-state index contributed by atoms with van der Waals surface area (Å²) in [5.41, 5.74) is 3.36. The van der Waals surface area contributed by atoms with Crippen LogP contribution in [0.15, 0.2) is 54.6 Å². The molecule has 3 rings (SSSR count). The number of amides is 2. The number of benzene rings is 2. The van der Waals surface area contributed by atoms with Crippen molar-refractivity contribution in [2.24, 2.45) is 5.92 Å². The second-order valence-corrected chi connectivity index (χ2v) is 6.36. The fourth-order valence-corrected chi connectivity index (χ4v) is 2.94. The van der Waals surface area contributed by atoms with Crippen LogP contribution in [0.2, 0.25) is 0 Å². The highest BCUT2D eigenvalue weighted by atomic mass is 16.2. The number of hydrogen-bond donors (Lipinski definition) is 1. The van der Waals surface area contributed by atoms with Gasteiger partial charge >= 0.3 is 0 Å². The molecular weight excluding hydrogens is 300 g/mol. The largest absolute Gasteiger partial charge is 0.352 e. The monoisotopic (exact) mass is 322 g/mol. The molecule has 0 aliphatic carbocycles. The quantitative estimate of drug-likeness (QED) is 0.920. The number of nitrogens with zero attached hydrogens (tertiary/aromatic N) is 1. The molecule has 1 heterocycles. The molecule has 1 atom stereocenters. The van der Waals surface area contributed by atoms with Crippen LogP contribution in [0.25, 0.3) is 0 Å². The highest BCUT2D eigenvalue weighted by Gasteiger charge is 2.33. The van der Waals surface area contributed by atoms with E-state index in [0.29, 0.717) is 26.1 Å². The van der Waals surface area contributed by atoms with E-state index in [1.165, 1.54) is 5.56 Å². The summed E-state index contributed by atoms with van der Waals surface area (Å²) in [6.45, 7) is 3.60. The lowest BCUT2D eigenvalue weighted by Gasteiger charge is -2.16. The predicted octanol–water partition coefficient (Wildman–Crippen LogP) is 2.66. The van der Waals surface area contributed by atoms with Crippen molar-refractivity contribution >= 4 is 11.8 Å². The molecule has 124 valence electrons. The molecule has 4 nitrogen and oxygen atoms in total. The Balaban J connectivity index is 1.53. The number of hydrogen-bond acceptors (Lipinski definition) is 2. The van der Waals surface area contributed by atoms with Crippen LogP contribution in [-0.4, -0.2) is 23.3 Å². The van der Waals surface area contributed by atoms with Gasteiger partial charge in [-0.2, -0.15) is 0 Å². The predicted molar refractivity (Wildman–Crippen MR) is 93.0 cm³/mol. The normalized spacial score (nSPS) is 17.1. The van der Waals surface area contributed by atoms with Gasteiger partial charge in [-0.3, -0.25) is 9.59 Å². The van der Waals surface area contributed by atoms with E-state index in [9.17, 15) is 9.59 Å². The van der Waals surface area contributed by atoms with Crippen LogP contribution in [0.5, 0.6) is 0 Å². The topological polar surface area (TPSA) is 49.4 Å². The summed E-state index contributed by atoms with van der Waals surface area (Å²) >= 11 is 0. The van der Waals surface area contributed by atoms with Crippen LogP contribution in [0.3, 0.4) is 0 Å². The first kappa shape index (κ1) is 16.2. The molecule has 0 radical (unpaired) electrons. The molecule has 2 aromatic rings. The second-order valence-electron chi connectivity index (χ2n) is 6.36. The third-order valence-electron chi connectivity index (χ3n) is 4.39. The molecule has 1 saturated heterocycles. The molecule has 2 aromatic carbocycles. The van der Waals surface area contributed by atoms with E-state index in [2.05, 4.69) is 5.32 Å². The van der Waals surface area contributed by atoms with E-state index in [1.807, 2.05) is 61.5 Å². The molecule has 2 amide bonds. The van der Waals surface area contributed by atoms with Crippen molar-refractivity contribution in [1.82, 2.24) is 10.2 Å². The summed E-state index contributed by atoms with van der Waals surface area (Å²) in [7, 11) is 0. The molecule has 0 unspecified atom stereocenters. The van der Waals surface area contributed by atoms with Crippen molar-refractivity contribution in [1.29, 1.82) is 0 Å². The van der Waals surface area contributed by atoms with Crippen molar-refractivity contribution in [3.63, 3.8) is 0 Å². The fourth-order valence-electron chi connectivity index (χ4n) is 2.94. The van der Waals surface area contributed by atoms with Crippen LogP contribution >= 0.6 is 0 Å². The number of likely N-dealkylation sites (tertiary alicyclic amines) is 1. The molecule has 0 bridgehead atoms. The SMILES string of the molecule is Cc1ccc(CNC(=O)[C@@H]2CC(=O)N(Cc3ccccc3)C2)cc1. The zero-order valence-corrected chi connectivity index (χ0v) is 13.9. The summed E-state index contributed by atoms with van der Waals surface area (Å²) in [5.74, 6) is -0.250. The van der Waals surface area contributed by atoms with Gasteiger partial charge in [0.05, 0.1) is 5.92 Å². The third-order valence-corrected chi connectivity index (χ3v) is 4.39. The lowest BCUT2D eigenvalue weighted by molar-refractivity contribution is -0.129. The third kappa shape index (κ3) is 4.02. The van der Waals surface area contributed by atoms with Crippen LogP contribution < -0.4 is 5.32 Å². The van der Waals surface area contributed by atoms with Gasteiger partial charge in [-0.05, 0) is 18.1 Å². The number of rotatable bonds is 5. The van der Waals surface area contributed by atoms with Gasteiger partial charge in [-0.1, -0.05) is 60.2 Å². The van der Waals surface area contributed by atoms with Crippen molar-refractivity contribution in [2.45, 2.75) is 26.4 Å². The minimum atomic E-state index is -0.258. The summed E-state index contributed by atoms with van der Waals surface area (Å²) in [5, 5.41) is 2.95. The minimum absolute atomic E-state index is 0.0421. The van der Waals surface area contributed by atoms with Crippen molar-refractivity contribution < 1.29 is 9.59 Å². The van der Waals surface area contributed by atoms with Gasteiger partial charge in [-0.15, -0.1) is 0 Å². The Morgan fingerprint density at radius 2 is 1.79 bits per heavy atom. The van der Waals surface area contributed by atoms with Gasteiger partial charge in [0.1, 0.15) is 0 Å². The zero-order chi connectivity index (χ0) is 16.9. The van der Waals surface area contributed by atoms with Gasteiger partial charge in [0.2, 0.25) is 11.8 Å². The Morgan fingerprint density at radius 3 is 2.50 bits per heavy atom. The van der Waals surface area contributed by atoms with Gasteiger partial charge in [0, 0.05) is 26.1 Å². The molecule has 24 heavy (non-hydrogen) atoms. The molecular formula is C20H22N2O2. The fraction of sp³-hybridized carbons (Fsp3) is 0.300. The van der Waals surface area contributed by atoms with Gasteiger partial charge in [0.25, 0.3) is 0 Å². The molecule has 0 aromatic heterocycles. The van der Waals surface area contributed by atoms with E-state index in [4.69, 9.17) is 0 Å². The van der Waals surface area contributed by atoms with E-state index in [1.54, 1.807) is 4.90 Å². The lowest BCUT2D eigenvalue weighted by Crippen LogP contribution is -2.32. The zero-order valence-electron chi connectivity index (χ0n) is 13.9. The van der Waals surface area contributed by atoms with Crippen molar-refractivity contribution in [2.75, 3.05) is 6.54 Å². The summed E-state index contributed by atoms with van der Waals surface area (Å²) in [4.78, 5) is 26.3. The Hall–Kier alpha value is -2.62. The highest BCUT2D eigenvalue weighted by Crippen LogP contribution is 2.20.